The lowest BCUT2D eigenvalue weighted by atomic mass is 10.1. The van der Waals surface area contributed by atoms with Gasteiger partial charge in [-0.25, -0.2) is 0 Å². The quantitative estimate of drug-likeness (QED) is 0.561. The first-order valence-electron chi connectivity index (χ1n) is 4.05. The molecule has 1 aromatic carbocycles. The van der Waals surface area contributed by atoms with Crippen LogP contribution in [0.5, 0.6) is 11.5 Å². The fourth-order valence-electron chi connectivity index (χ4n) is 1.08. The molecule has 0 heterocycles. The van der Waals surface area contributed by atoms with Crippen LogP contribution in [0.25, 0.3) is 0 Å². The zero-order valence-electron chi connectivity index (χ0n) is 7.65. The van der Waals surface area contributed by atoms with Gasteiger partial charge in [-0.1, -0.05) is 0 Å². The molecule has 74 valence electrons. The molecule has 1 rings (SSSR count). The second-order valence-corrected chi connectivity index (χ2v) is 3.00. The maximum Gasteiger partial charge on any atom is 0.173 e. The van der Waals surface area contributed by atoms with Crippen LogP contribution in [-0.4, -0.2) is 21.8 Å². The van der Waals surface area contributed by atoms with Crippen LogP contribution in [0.15, 0.2) is 18.2 Å². The molecule has 0 saturated carbocycles. The number of Topliss-reactive ketones (excluding diaryl/α,β-unsaturated/α-hetero) is 2. The van der Waals surface area contributed by atoms with Crippen molar-refractivity contribution in [1.82, 2.24) is 0 Å². The van der Waals surface area contributed by atoms with Gasteiger partial charge in [0.1, 0.15) is 17.3 Å². The van der Waals surface area contributed by atoms with Gasteiger partial charge >= 0.3 is 0 Å². The highest BCUT2D eigenvalue weighted by atomic mass is 16.3. The molecular weight excluding hydrogens is 184 g/mol. The van der Waals surface area contributed by atoms with E-state index in [1.165, 1.54) is 19.1 Å². The first-order chi connectivity index (χ1) is 6.50. The van der Waals surface area contributed by atoms with Crippen LogP contribution >= 0.6 is 0 Å². The largest absolute Gasteiger partial charge is 0.508 e. The topological polar surface area (TPSA) is 74.6 Å². The predicted octanol–water partition coefficient (Wildman–Crippen LogP) is 1.26. The lowest BCUT2D eigenvalue weighted by Crippen LogP contribution is -2.04. The summed E-state index contributed by atoms with van der Waals surface area (Å²) in [6, 6.07) is 3.64. The van der Waals surface area contributed by atoms with E-state index in [4.69, 9.17) is 5.11 Å². The minimum atomic E-state index is -0.449. The van der Waals surface area contributed by atoms with Crippen molar-refractivity contribution in [3.8, 4) is 11.5 Å². The van der Waals surface area contributed by atoms with Gasteiger partial charge in [-0.3, -0.25) is 9.59 Å². The van der Waals surface area contributed by atoms with Gasteiger partial charge in [0.05, 0.1) is 12.0 Å². The first kappa shape index (κ1) is 10.2. The van der Waals surface area contributed by atoms with Crippen molar-refractivity contribution in [3.05, 3.63) is 23.8 Å². The number of carbonyl (C=O) groups is 2. The minimum Gasteiger partial charge on any atom is -0.508 e. The Morgan fingerprint density at radius 3 is 2.43 bits per heavy atom. The van der Waals surface area contributed by atoms with Gasteiger partial charge in [0, 0.05) is 6.07 Å². The maximum absolute atomic E-state index is 11.3. The maximum atomic E-state index is 11.3. The van der Waals surface area contributed by atoms with E-state index in [1.54, 1.807) is 0 Å². The molecule has 0 spiro atoms. The Bertz CT molecular complexity index is 382. The molecule has 4 heteroatoms. The fourth-order valence-corrected chi connectivity index (χ4v) is 1.08. The van der Waals surface area contributed by atoms with Gasteiger partial charge in [-0.2, -0.15) is 0 Å². The molecular formula is C10H10O4. The van der Waals surface area contributed by atoms with Gasteiger partial charge in [-0.05, 0) is 19.1 Å². The molecule has 0 radical (unpaired) electrons. The zero-order valence-corrected chi connectivity index (χ0v) is 7.65. The molecule has 0 amide bonds. The van der Waals surface area contributed by atoms with Gasteiger partial charge < -0.3 is 10.2 Å². The molecule has 2 N–H and O–H groups in total. The van der Waals surface area contributed by atoms with Crippen LogP contribution in [0.2, 0.25) is 0 Å². The third-order valence-electron chi connectivity index (χ3n) is 1.69. The number of phenolic OH excluding ortho intramolecular Hbond substituents is 2. The first-order valence-corrected chi connectivity index (χ1v) is 4.05. The Morgan fingerprint density at radius 1 is 1.29 bits per heavy atom. The van der Waals surface area contributed by atoms with E-state index < -0.39 is 5.78 Å². The number of hydrogen-bond donors (Lipinski definition) is 2. The molecule has 0 aliphatic rings. The third kappa shape index (κ3) is 2.32. The van der Waals surface area contributed by atoms with Gasteiger partial charge in [0.15, 0.2) is 5.78 Å². The van der Waals surface area contributed by atoms with Crippen molar-refractivity contribution in [1.29, 1.82) is 0 Å². The number of aromatic hydroxyl groups is 2. The highest BCUT2D eigenvalue weighted by Gasteiger charge is 2.13. The Kier molecular flexibility index (Phi) is 2.86. The van der Waals surface area contributed by atoms with Crippen molar-refractivity contribution in [2.24, 2.45) is 0 Å². The summed E-state index contributed by atoms with van der Waals surface area (Å²) in [5, 5.41) is 18.2. The second-order valence-electron chi connectivity index (χ2n) is 3.00. The smallest absolute Gasteiger partial charge is 0.173 e. The van der Waals surface area contributed by atoms with Gasteiger partial charge in [0.2, 0.25) is 0 Å². The van der Waals surface area contributed by atoms with Crippen LogP contribution in [0.4, 0.5) is 0 Å². The van der Waals surface area contributed by atoms with Crippen molar-refractivity contribution in [3.63, 3.8) is 0 Å². The van der Waals surface area contributed by atoms with E-state index in [0.717, 1.165) is 6.07 Å². The molecule has 0 fully saturated rings. The van der Waals surface area contributed by atoms with Crippen LogP contribution in [0.1, 0.15) is 23.7 Å². The highest BCUT2D eigenvalue weighted by Crippen LogP contribution is 2.23. The summed E-state index contributed by atoms with van der Waals surface area (Å²) in [5.41, 5.74) is 0.0537. The summed E-state index contributed by atoms with van der Waals surface area (Å²) in [6.07, 6.45) is -0.238. The van der Waals surface area contributed by atoms with Crippen LogP contribution in [-0.2, 0) is 4.79 Å². The van der Waals surface area contributed by atoms with E-state index in [9.17, 15) is 14.7 Å². The normalized spacial score (nSPS) is 9.79. The Hall–Kier alpha value is -1.84. The molecule has 1 aromatic rings. The summed E-state index contributed by atoms with van der Waals surface area (Å²) >= 11 is 0. The lowest BCUT2D eigenvalue weighted by molar-refractivity contribution is -0.116. The summed E-state index contributed by atoms with van der Waals surface area (Å²) in [6.45, 7) is 1.30. The monoisotopic (exact) mass is 194 g/mol. The third-order valence-corrected chi connectivity index (χ3v) is 1.69. The fraction of sp³-hybridized carbons (Fsp3) is 0.200. The minimum absolute atomic E-state index is 0.0537. The van der Waals surface area contributed by atoms with Crippen LogP contribution in [0, 0.1) is 0 Å². The standard InChI is InChI=1S/C10H10O4/c1-6(11)4-9(13)8-3-2-7(12)5-10(8)14/h2-3,5,12,14H,4H2,1H3. The van der Waals surface area contributed by atoms with E-state index >= 15 is 0 Å². The van der Waals surface area contributed by atoms with Crippen molar-refractivity contribution >= 4 is 11.6 Å². The van der Waals surface area contributed by atoms with E-state index in [0.29, 0.717) is 0 Å². The molecule has 0 aliphatic carbocycles. The average molecular weight is 194 g/mol. The van der Waals surface area contributed by atoms with E-state index in [1.807, 2.05) is 0 Å². The molecule has 0 saturated heterocycles. The Balaban J connectivity index is 2.96. The average Bonchev–Trinajstić information content (AvgIpc) is 2.01. The molecule has 0 bridgehead atoms. The highest BCUT2D eigenvalue weighted by molar-refractivity contribution is 6.08. The zero-order chi connectivity index (χ0) is 10.7. The summed E-state index contributed by atoms with van der Waals surface area (Å²) in [7, 11) is 0. The number of phenols is 2. The number of carbonyl (C=O) groups excluding carboxylic acids is 2. The van der Waals surface area contributed by atoms with Crippen molar-refractivity contribution in [2.45, 2.75) is 13.3 Å². The molecule has 14 heavy (non-hydrogen) atoms. The number of hydrogen-bond acceptors (Lipinski definition) is 4. The SMILES string of the molecule is CC(=O)CC(=O)c1ccc(O)cc1O. The van der Waals surface area contributed by atoms with Gasteiger partial charge in [0.25, 0.3) is 0 Å². The predicted molar refractivity (Wildman–Crippen MR) is 49.4 cm³/mol. The van der Waals surface area contributed by atoms with E-state index in [-0.39, 0.29) is 29.3 Å². The second kappa shape index (κ2) is 3.91. The molecule has 0 aromatic heterocycles. The molecule has 0 unspecified atom stereocenters. The van der Waals surface area contributed by atoms with Crippen molar-refractivity contribution < 1.29 is 19.8 Å². The van der Waals surface area contributed by atoms with Crippen LogP contribution in [0.3, 0.4) is 0 Å². The number of ketones is 2. The summed E-state index contributed by atoms with van der Waals surface area (Å²) in [4.78, 5) is 22.0. The van der Waals surface area contributed by atoms with E-state index in [2.05, 4.69) is 0 Å². The van der Waals surface area contributed by atoms with Gasteiger partial charge in [-0.15, -0.1) is 0 Å². The van der Waals surface area contributed by atoms with Crippen molar-refractivity contribution in [2.75, 3.05) is 0 Å². The summed E-state index contributed by atoms with van der Waals surface area (Å²) in [5.74, 6) is -1.14. The molecule has 0 atom stereocenters. The molecule has 0 aliphatic heterocycles. The number of benzene rings is 1. The lowest BCUT2D eigenvalue weighted by Gasteiger charge is -2.02. The Labute approximate surface area is 80.8 Å². The summed E-state index contributed by atoms with van der Waals surface area (Å²) < 4.78 is 0. The molecule has 4 nitrogen and oxygen atoms in total. The number of rotatable bonds is 3. The Morgan fingerprint density at radius 2 is 1.93 bits per heavy atom. The van der Waals surface area contributed by atoms with Crippen LogP contribution < -0.4 is 0 Å².